The molecular weight excluding hydrogens is 626 g/mol. The summed E-state index contributed by atoms with van der Waals surface area (Å²) < 4.78 is 60.0. The van der Waals surface area contributed by atoms with E-state index in [-0.39, 0.29) is 75.8 Å². The van der Waals surface area contributed by atoms with Gasteiger partial charge in [-0.05, 0) is 45.4 Å². The van der Waals surface area contributed by atoms with Crippen molar-refractivity contribution in [1.82, 2.24) is 10.6 Å². The standard InChI is InChI=1S/C34H55N3O9S/c1-5-7-8-9-10-11-12-13-14-15-16-17-20-29(28(38)19-18-21-31(40)46-6-2)47-25-27(33(42)36-24-32(41)44-3)37-30(39)23-22-26(35)34(43)45-4/h10-11,13-17,20,26-29,38H,5-9,12,18-19,21-25,35H2,1-4H3,(H,36,42)(H,37,39)/b11-10-,14-13-,16-15+,20-17+/t26-,27-,28-,29+/m0/s1/i1D2,5D2,10D,11D. The molecule has 12 nitrogen and oxygen atoms in total. The zero-order chi connectivity index (χ0) is 40.4. The van der Waals surface area contributed by atoms with E-state index in [2.05, 4.69) is 20.1 Å². The van der Waals surface area contributed by atoms with Gasteiger partial charge in [0.1, 0.15) is 18.6 Å². The molecule has 0 heterocycles. The van der Waals surface area contributed by atoms with E-state index in [1.54, 1.807) is 43.4 Å². The molecule has 4 atom stereocenters. The van der Waals surface area contributed by atoms with Gasteiger partial charge < -0.3 is 35.7 Å². The van der Waals surface area contributed by atoms with Gasteiger partial charge in [-0.15, -0.1) is 11.8 Å². The van der Waals surface area contributed by atoms with Crippen molar-refractivity contribution in [3.8, 4) is 0 Å². The average molecular weight is 688 g/mol. The number of aliphatic hydroxyl groups is 1. The van der Waals surface area contributed by atoms with E-state index in [0.29, 0.717) is 6.42 Å². The Labute approximate surface area is 292 Å². The molecule has 13 heteroatoms. The number of carbonyl (C=O) groups is 5. The largest absolute Gasteiger partial charge is 0.468 e. The first kappa shape index (κ1) is 33.5. The first-order valence-corrected chi connectivity index (χ1v) is 16.5. The molecule has 266 valence electrons. The van der Waals surface area contributed by atoms with E-state index in [1.807, 2.05) is 0 Å². The fourth-order valence-corrected chi connectivity index (χ4v) is 4.87. The predicted molar refractivity (Wildman–Crippen MR) is 184 cm³/mol. The lowest BCUT2D eigenvalue weighted by molar-refractivity contribution is -0.144. The summed E-state index contributed by atoms with van der Waals surface area (Å²) in [6, 6.07) is -2.09. The van der Waals surface area contributed by atoms with E-state index >= 15 is 0 Å². The normalized spacial score (nSPS) is 16.9. The average Bonchev–Trinajstić information content (AvgIpc) is 3.11. The number of allylic oxidation sites excluding steroid dienone is 7. The predicted octanol–water partition coefficient (Wildman–Crippen LogP) is 3.43. The molecule has 0 saturated heterocycles. The molecule has 0 aromatic carbocycles. The number of hydrogen-bond donors (Lipinski definition) is 4. The van der Waals surface area contributed by atoms with E-state index in [1.165, 1.54) is 7.11 Å². The lowest BCUT2D eigenvalue weighted by atomic mass is 10.1. The van der Waals surface area contributed by atoms with E-state index in [9.17, 15) is 29.1 Å². The summed E-state index contributed by atoms with van der Waals surface area (Å²) in [5.74, 6) is -3.12. The Morgan fingerprint density at radius 1 is 1.00 bits per heavy atom. The molecule has 0 fully saturated rings. The third-order valence-corrected chi connectivity index (χ3v) is 7.61. The molecule has 0 aromatic heterocycles. The van der Waals surface area contributed by atoms with Crippen LogP contribution in [0.15, 0.2) is 48.6 Å². The fourth-order valence-electron chi connectivity index (χ4n) is 3.66. The summed E-state index contributed by atoms with van der Waals surface area (Å²) in [4.78, 5) is 60.8. The second-order valence-corrected chi connectivity index (χ2v) is 11.2. The highest BCUT2D eigenvalue weighted by Gasteiger charge is 2.26. The number of amides is 2. The number of esters is 3. The Morgan fingerprint density at radius 3 is 2.47 bits per heavy atom. The first-order valence-electron chi connectivity index (χ1n) is 18.6. The number of methoxy groups -OCH3 is 2. The third-order valence-electron chi connectivity index (χ3n) is 6.23. The second kappa shape index (κ2) is 28.8. The van der Waals surface area contributed by atoms with Gasteiger partial charge in [-0.3, -0.25) is 24.0 Å². The molecule has 0 radical (unpaired) electrons. The van der Waals surface area contributed by atoms with Crippen LogP contribution in [0.1, 0.15) is 86.2 Å². The van der Waals surface area contributed by atoms with Crippen molar-refractivity contribution in [2.75, 3.05) is 33.1 Å². The minimum Gasteiger partial charge on any atom is -0.468 e. The van der Waals surface area contributed by atoms with Crippen LogP contribution < -0.4 is 16.4 Å². The van der Waals surface area contributed by atoms with E-state index < -0.39 is 73.0 Å². The van der Waals surface area contributed by atoms with Crippen molar-refractivity contribution in [2.45, 2.75) is 101 Å². The van der Waals surface area contributed by atoms with E-state index in [0.717, 1.165) is 18.9 Å². The lowest BCUT2D eigenvalue weighted by Crippen LogP contribution is -2.50. The Hall–Kier alpha value is -3.42. The molecule has 0 spiro atoms. The van der Waals surface area contributed by atoms with E-state index in [4.69, 9.17) is 18.7 Å². The molecule has 2 amide bonds. The van der Waals surface area contributed by atoms with Gasteiger partial charge in [0, 0.05) is 29.3 Å². The maximum atomic E-state index is 13.0. The van der Waals surface area contributed by atoms with Gasteiger partial charge in [0.15, 0.2) is 0 Å². The number of aliphatic hydroxyl groups excluding tert-OH is 1. The minimum absolute atomic E-state index is 0.0409. The molecule has 0 aromatic rings. The second-order valence-electron chi connectivity index (χ2n) is 9.96. The van der Waals surface area contributed by atoms with Crippen LogP contribution in [0.2, 0.25) is 0 Å². The molecule has 0 aliphatic carbocycles. The van der Waals surface area contributed by atoms with Crippen LogP contribution in [0.4, 0.5) is 0 Å². The quantitative estimate of drug-likeness (QED) is 0.0452. The summed E-state index contributed by atoms with van der Waals surface area (Å²) in [5, 5.41) is 15.4. The number of thioether (sulfide) groups is 1. The first-order chi connectivity index (χ1) is 25.0. The highest BCUT2D eigenvalue weighted by atomic mass is 32.2. The molecule has 0 unspecified atom stereocenters. The van der Waals surface area contributed by atoms with Crippen molar-refractivity contribution in [3.63, 3.8) is 0 Å². The Balaban J connectivity index is 5.70. The highest BCUT2D eigenvalue weighted by molar-refractivity contribution is 8.00. The molecule has 0 aliphatic rings. The number of nitrogens with two attached hydrogens (primary N) is 1. The molecule has 0 bridgehead atoms. The molecule has 5 N–H and O–H groups in total. The maximum absolute atomic E-state index is 13.0. The van der Waals surface area contributed by atoms with Crippen LogP contribution in [0.25, 0.3) is 0 Å². The number of ether oxygens (including phenoxy) is 3. The zero-order valence-electron chi connectivity index (χ0n) is 33.5. The summed E-state index contributed by atoms with van der Waals surface area (Å²) in [6.07, 6.45) is 7.98. The fraction of sp³-hybridized carbons (Fsp3) is 0.618. The van der Waals surface area contributed by atoms with Gasteiger partial charge in [-0.25, -0.2) is 0 Å². The summed E-state index contributed by atoms with van der Waals surface area (Å²) in [5.41, 5.74) is 5.71. The van der Waals surface area contributed by atoms with Crippen molar-refractivity contribution in [3.05, 3.63) is 48.6 Å². The van der Waals surface area contributed by atoms with Crippen LogP contribution in [0, 0.1) is 0 Å². The Bertz CT molecular complexity index is 1280. The molecule has 0 saturated carbocycles. The zero-order valence-corrected chi connectivity index (χ0v) is 28.4. The number of nitrogens with one attached hydrogen (secondary N) is 2. The summed E-state index contributed by atoms with van der Waals surface area (Å²) >= 11 is 1.14. The number of rotatable bonds is 26. The van der Waals surface area contributed by atoms with Crippen molar-refractivity contribution >= 4 is 41.5 Å². The minimum atomic E-state index is -1.97. The maximum Gasteiger partial charge on any atom is 0.325 e. The molecule has 47 heavy (non-hydrogen) atoms. The topological polar surface area (TPSA) is 183 Å². The molecule has 0 rings (SSSR count). The lowest BCUT2D eigenvalue weighted by Gasteiger charge is -2.23. The van der Waals surface area contributed by atoms with Crippen LogP contribution >= 0.6 is 11.8 Å². The van der Waals surface area contributed by atoms with Crippen LogP contribution in [0.5, 0.6) is 0 Å². The van der Waals surface area contributed by atoms with Gasteiger partial charge in [0.05, 0.1) is 29.7 Å². The molecular formula is C34H55N3O9S. The van der Waals surface area contributed by atoms with Crippen LogP contribution in [-0.4, -0.2) is 91.4 Å². The van der Waals surface area contributed by atoms with Crippen molar-refractivity contribution < 1.29 is 51.5 Å². The smallest absolute Gasteiger partial charge is 0.325 e. The van der Waals surface area contributed by atoms with Gasteiger partial charge in [-0.2, -0.15) is 0 Å². The van der Waals surface area contributed by atoms with Gasteiger partial charge in [0.25, 0.3) is 0 Å². The van der Waals surface area contributed by atoms with Gasteiger partial charge in [0.2, 0.25) is 11.8 Å². The van der Waals surface area contributed by atoms with Crippen LogP contribution in [0.3, 0.4) is 0 Å². The number of hydrogen-bond acceptors (Lipinski definition) is 11. The van der Waals surface area contributed by atoms with Crippen molar-refractivity contribution in [1.29, 1.82) is 0 Å². The van der Waals surface area contributed by atoms with Crippen molar-refractivity contribution in [2.24, 2.45) is 5.73 Å². The van der Waals surface area contributed by atoms with Gasteiger partial charge in [-0.1, -0.05) is 68.2 Å². The SMILES string of the molecule is [2H]/C(C\C=C/C=C/C=C/[C@@H](SC[C@H](NC(=O)CC[C@H](N)C(=O)OC)C(=O)NCC(=O)OC)[C@@H](O)CCCC(=O)OCC)=C(\[2H])CCCC([2H])([2H])C([2H])[2H]. The third kappa shape index (κ3) is 23.5. The number of carbonyl (C=O) groups excluding carboxylic acids is 5. The summed E-state index contributed by atoms with van der Waals surface area (Å²) in [6.45, 7) is -0.153. The monoisotopic (exact) mass is 687 g/mol. The molecule has 0 aliphatic heterocycles. The van der Waals surface area contributed by atoms with Crippen LogP contribution in [-0.2, 0) is 38.2 Å². The summed E-state index contributed by atoms with van der Waals surface area (Å²) in [7, 11) is 2.32. The highest BCUT2D eigenvalue weighted by Crippen LogP contribution is 2.22. The Kier molecular flexibility index (Phi) is 20.5. The van der Waals surface area contributed by atoms with Gasteiger partial charge >= 0.3 is 17.9 Å². The Morgan fingerprint density at radius 2 is 1.77 bits per heavy atom.